The molecule has 1 aromatic carbocycles. The minimum absolute atomic E-state index is 0.0418. The summed E-state index contributed by atoms with van der Waals surface area (Å²) < 4.78 is 34.9. The lowest BCUT2D eigenvalue weighted by Crippen LogP contribution is -2.47. The quantitative estimate of drug-likeness (QED) is 0.761. The van der Waals surface area contributed by atoms with E-state index >= 15 is 0 Å². The van der Waals surface area contributed by atoms with Crippen LogP contribution in [0.4, 0.5) is 4.79 Å². The molecule has 138 valence electrons. The molecule has 8 heteroatoms. The van der Waals surface area contributed by atoms with Crippen LogP contribution in [0, 0.1) is 6.92 Å². The first-order chi connectivity index (χ1) is 11.5. The summed E-state index contributed by atoms with van der Waals surface area (Å²) in [7, 11) is -3.95. The molecule has 1 saturated heterocycles. The van der Waals surface area contributed by atoms with Crippen LogP contribution in [0.2, 0.25) is 0 Å². The first kappa shape index (κ1) is 19.4. The van der Waals surface area contributed by atoms with Gasteiger partial charge in [0.2, 0.25) is 5.91 Å². The number of carbonyl (C=O) groups excluding carboxylic acids is 2. The van der Waals surface area contributed by atoms with Crippen LogP contribution in [0.5, 0.6) is 0 Å². The van der Waals surface area contributed by atoms with Crippen molar-refractivity contribution >= 4 is 22.1 Å². The zero-order valence-corrected chi connectivity index (χ0v) is 15.6. The minimum Gasteiger partial charge on any atom is -0.443 e. The monoisotopic (exact) mass is 369 g/mol. The standard InChI is InChI=1S/C17H23NO6S/c1-12-5-7-14(8-6-12)25(21,22)24-13-9-10-18(15(19)11-13)16(20)23-17(2,3)4/h5-8,13H,9-11H2,1-4H3. The maximum atomic E-state index is 12.3. The van der Waals surface area contributed by atoms with Crippen LogP contribution in [0.15, 0.2) is 29.2 Å². The van der Waals surface area contributed by atoms with Crippen LogP contribution in [-0.2, 0) is 23.8 Å². The number of amides is 2. The Hall–Kier alpha value is -1.93. The van der Waals surface area contributed by atoms with Gasteiger partial charge in [-0.15, -0.1) is 0 Å². The molecule has 0 radical (unpaired) electrons. The lowest BCUT2D eigenvalue weighted by molar-refractivity contribution is -0.135. The van der Waals surface area contributed by atoms with Gasteiger partial charge in [-0.3, -0.25) is 8.98 Å². The van der Waals surface area contributed by atoms with Crippen LogP contribution in [0.3, 0.4) is 0 Å². The fourth-order valence-electron chi connectivity index (χ4n) is 2.34. The summed E-state index contributed by atoms with van der Waals surface area (Å²) in [6.45, 7) is 7.03. The van der Waals surface area contributed by atoms with E-state index in [1.807, 2.05) is 6.92 Å². The summed E-state index contributed by atoms with van der Waals surface area (Å²) in [5, 5.41) is 0. The van der Waals surface area contributed by atoms with E-state index in [0.717, 1.165) is 10.5 Å². The van der Waals surface area contributed by atoms with Crippen LogP contribution in [0.25, 0.3) is 0 Å². The molecule has 0 spiro atoms. The van der Waals surface area contributed by atoms with Gasteiger partial charge in [0.05, 0.1) is 17.4 Å². The van der Waals surface area contributed by atoms with Gasteiger partial charge >= 0.3 is 6.09 Å². The fourth-order valence-corrected chi connectivity index (χ4v) is 3.44. The number of carbonyl (C=O) groups is 2. The molecule has 1 atom stereocenters. The van der Waals surface area contributed by atoms with Crippen molar-refractivity contribution in [1.29, 1.82) is 0 Å². The number of aryl methyl sites for hydroxylation is 1. The Morgan fingerprint density at radius 1 is 1.20 bits per heavy atom. The summed E-state index contributed by atoms with van der Waals surface area (Å²) in [5.41, 5.74) is 0.222. The average Bonchev–Trinajstić information content (AvgIpc) is 2.45. The Labute approximate surface area is 148 Å². The third-order valence-corrected chi connectivity index (χ3v) is 4.94. The van der Waals surface area contributed by atoms with Crippen molar-refractivity contribution in [2.45, 2.75) is 57.1 Å². The van der Waals surface area contributed by atoms with Gasteiger partial charge in [0.25, 0.3) is 10.1 Å². The number of hydrogen-bond donors (Lipinski definition) is 0. The molecule has 1 heterocycles. The number of nitrogens with zero attached hydrogens (tertiary/aromatic N) is 1. The third-order valence-electron chi connectivity index (χ3n) is 3.56. The van der Waals surface area contributed by atoms with Crippen LogP contribution < -0.4 is 0 Å². The second kappa shape index (κ2) is 7.13. The van der Waals surface area contributed by atoms with Gasteiger partial charge in [-0.25, -0.2) is 9.69 Å². The molecule has 0 aromatic heterocycles. The molecule has 7 nitrogen and oxygen atoms in total. The summed E-state index contributed by atoms with van der Waals surface area (Å²) in [4.78, 5) is 25.2. The Bertz CT molecular complexity index is 748. The second-order valence-electron chi connectivity index (χ2n) is 7.00. The molecular formula is C17H23NO6S. The van der Waals surface area contributed by atoms with Crippen LogP contribution in [0.1, 0.15) is 39.2 Å². The molecule has 0 N–H and O–H groups in total. The predicted octanol–water partition coefficient (Wildman–Crippen LogP) is 2.63. The number of rotatable bonds is 3. The molecule has 0 saturated carbocycles. The zero-order valence-electron chi connectivity index (χ0n) is 14.8. The largest absolute Gasteiger partial charge is 0.443 e. The van der Waals surface area contributed by atoms with Crippen molar-refractivity contribution in [3.8, 4) is 0 Å². The van der Waals surface area contributed by atoms with E-state index < -0.39 is 33.8 Å². The summed E-state index contributed by atoms with van der Waals surface area (Å²) in [6, 6.07) is 6.27. The maximum absolute atomic E-state index is 12.3. The number of piperidine rings is 1. The van der Waals surface area contributed by atoms with E-state index in [2.05, 4.69) is 0 Å². The van der Waals surface area contributed by atoms with E-state index in [-0.39, 0.29) is 24.3 Å². The minimum atomic E-state index is -3.95. The topological polar surface area (TPSA) is 90.0 Å². The van der Waals surface area contributed by atoms with Crippen molar-refractivity contribution in [2.24, 2.45) is 0 Å². The summed E-state index contributed by atoms with van der Waals surface area (Å²) in [5.74, 6) is -0.510. The maximum Gasteiger partial charge on any atom is 0.417 e. The number of ether oxygens (including phenoxy) is 1. The van der Waals surface area contributed by atoms with Crippen molar-refractivity contribution in [3.63, 3.8) is 0 Å². The Morgan fingerprint density at radius 2 is 1.80 bits per heavy atom. The van der Waals surface area contributed by atoms with E-state index in [1.54, 1.807) is 32.9 Å². The first-order valence-corrected chi connectivity index (χ1v) is 9.42. The van der Waals surface area contributed by atoms with Gasteiger partial charge in [-0.2, -0.15) is 8.42 Å². The van der Waals surface area contributed by atoms with Gasteiger partial charge in [-0.05, 0) is 46.2 Å². The highest BCUT2D eigenvalue weighted by atomic mass is 32.2. The van der Waals surface area contributed by atoms with E-state index in [0.29, 0.717) is 0 Å². The molecule has 1 aromatic rings. The molecule has 1 unspecified atom stereocenters. The van der Waals surface area contributed by atoms with Crippen molar-refractivity contribution in [1.82, 2.24) is 4.90 Å². The number of benzene rings is 1. The third kappa shape index (κ3) is 5.27. The van der Waals surface area contributed by atoms with Crippen molar-refractivity contribution in [2.75, 3.05) is 6.54 Å². The molecule has 25 heavy (non-hydrogen) atoms. The lowest BCUT2D eigenvalue weighted by Gasteiger charge is -2.31. The Morgan fingerprint density at radius 3 is 2.32 bits per heavy atom. The normalized spacial score (nSPS) is 19.0. The SMILES string of the molecule is Cc1ccc(S(=O)(=O)OC2CCN(C(=O)OC(C)(C)C)C(=O)C2)cc1. The van der Waals surface area contributed by atoms with Gasteiger partial charge in [0.1, 0.15) is 5.60 Å². The summed E-state index contributed by atoms with van der Waals surface area (Å²) in [6.07, 6.45) is -1.48. The van der Waals surface area contributed by atoms with E-state index in [9.17, 15) is 18.0 Å². The molecule has 2 amide bonds. The van der Waals surface area contributed by atoms with Gasteiger partial charge in [-0.1, -0.05) is 17.7 Å². The van der Waals surface area contributed by atoms with Crippen LogP contribution in [-0.4, -0.2) is 43.6 Å². The van der Waals surface area contributed by atoms with E-state index in [4.69, 9.17) is 8.92 Å². The molecular weight excluding hydrogens is 346 g/mol. The first-order valence-electron chi connectivity index (χ1n) is 8.01. The molecule has 0 bridgehead atoms. The van der Waals surface area contributed by atoms with Crippen molar-refractivity contribution < 1.29 is 26.9 Å². The predicted molar refractivity (Wildman–Crippen MR) is 90.4 cm³/mol. The second-order valence-corrected chi connectivity index (χ2v) is 8.58. The van der Waals surface area contributed by atoms with Gasteiger partial charge < -0.3 is 4.74 Å². The smallest absolute Gasteiger partial charge is 0.417 e. The Balaban J connectivity index is 2.00. The highest BCUT2D eigenvalue weighted by Gasteiger charge is 2.35. The Kier molecular flexibility index (Phi) is 5.53. The van der Waals surface area contributed by atoms with Gasteiger partial charge in [0, 0.05) is 6.54 Å². The fraction of sp³-hybridized carbons (Fsp3) is 0.529. The molecule has 1 aliphatic rings. The number of imide groups is 1. The summed E-state index contributed by atoms with van der Waals surface area (Å²) >= 11 is 0. The lowest BCUT2D eigenvalue weighted by atomic mass is 10.1. The average molecular weight is 369 g/mol. The van der Waals surface area contributed by atoms with Crippen LogP contribution >= 0.6 is 0 Å². The van der Waals surface area contributed by atoms with Crippen molar-refractivity contribution in [3.05, 3.63) is 29.8 Å². The van der Waals surface area contributed by atoms with Gasteiger partial charge in [0.15, 0.2) is 0 Å². The highest BCUT2D eigenvalue weighted by molar-refractivity contribution is 7.86. The molecule has 1 fully saturated rings. The zero-order chi connectivity index (χ0) is 18.8. The number of hydrogen-bond acceptors (Lipinski definition) is 6. The molecule has 1 aliphatic heterocycles. The molecule has 2 rings (SSSR count). The van der Waals surface area contributed by atoms with E-state index in [1.165, 1.54) is 12.1 Å². The number of likely N-dealkylation sites (tertiary alicyclic amines) is 1. The highest BCUT2D eigenvalue weighted by Crippen LogP contribution is 2.23. The molecule has 0 aliphatic carbocycles.